The topological polar surface area (TPSA) is 100 Å². The zero-order valence-corrected chi connectivity index (χ0v) is 11.3. The molecule has 1 aliphatic rings. The number of nitrogens with one attached hydrogen (secondary N) is 1. The average molecular weight is 282 g/mol. The predicted molar refractivity (Wildman–Crippen MR) is 77.5 cm³/mol. The minimum Gasteiger partial charge on any atom is -0.465 e. The molecule has 0 aromatic heterocycles. The fourth-order valence-corrected chi connectivity index (χ4v) is 2.41. The Labute approximate surface area is 122 Å². The van der Waals surface area contributed by atoms with Crippen LogP contribution >= 0.6 is 0 Å². The molecule has 0 heterocycles. The van der Waals surface area contributed by atoms with Gasteiger partial charge in [0.1, 0.15) is 6.54 Å². The Hall–Kier alpha value is -2.99. The number of anilines is 2. The molecule has 0 fully saturated rings. The molecule has 6 nitrogen and oxygen atoms in total. The molecule has 106 valence electrons. The van der Waals surface area contributed by atoms with Crippen molar-refractivity contribution in [3.05, 3.63) is 35.5 Å². The van der Waals surface area contributed by atoms with Gasteiger partial charge in [-0.2, -0.15) is 10.5 Å². The molecule has 1 aromatic rings. The fourth-order valence-electron chi connectivity index (χ4n) is 2.41. The lowest BCUT2D eigenvalue weighted by atomic mass is 10.2. The maximum absolute atomic E-state index is 10.6. The molecule has 2 N–H and O–H groups in total. The summed E-state index contributed by atoms with van der Waals surface area (Å²) in [6.45, 7) is 0.159. The van der Waals surface area contributed by atoms with Gasteiger partial charge in [-0.05, 0) is 43.5 Å². The molecule has 0 unspecified atom stereocenters. The highest BCUT2D eigenvalue weighted by Gasteiger charge is 2.21. The number of allylic oxidation sites excluding steroid dienone is 2. The van der Waals surface area contributed by atoms with E-state index in [0.717, 1.165) is 36.2 Å². The van der Waals surface area contributed by atoms with Crippen LogP contribution < -0.4 is 10.2 Å². The van der Waals surface area contributed by atoms with Crippen LogP contribution in [0.2, 0.25) is 0 Å². The second-order valence-electron chi connectivity index (χ2n) is 4.61. The van der Waals surface area contributed by atoms with Crippen LogP contribution in [0, 0.1) is 22.7 Å². The summed E-state index contributed by atoms with van der Waals surface area (Å²) >= 11 is 0. The Balaban J connectivity index is 2.29. The highest BCUT2D eigenvalue weighted by molar-refractivity contribution is 5.83. The number of carbonyl (C=O) groups is 1. The first kappa shape index (κ1) is 14.4. The van der Waals surface area contributed by atoms with Gasteiger partial charge < -0.3 is 10.0 Å². The van der Waals surface area contributed by atoms with Crippen molar-refractivity contribution >= 4 is 17.5 Å². The van der Waals surface area contributed by atoms with Crippen LogP contribution in [-0.4, -0.2) is 17.7 Å². The van der Waals surface area contributed by atoms with Crippen molar-refractivity contribution < 1.29 is 9.90 Å². The van der Waals surface area contributed by atoms with Gasteiger partial charge in [0.05, 0.1) is 12.1 Å². The fraction of sp³-hybridized carbons (Fsp3) is 0.267. The van der Waals surface area contributed by atoms with E-state index in [1.165, 1.54) is 0 Å². The standard InChI is InChI=1S/C15H14N4O2/c16-8-9-19(14-3-1-2-11(14)10-17)13-6-4-12(5-7-13)18-15(20)21/h4-7,18H,1-3,9H2,(H,20,21). The van der Waals surface area contributed by atoms with E-state index in [9.17, 15) is 4.79 Å². The number of nitrogens with zero attached hydrogens (tertiary/aromatic N) is 3. The van der Waals surface area contributed by atoms with Crippen molar-refractivity contribution in [3.63, 3.8) is 0 Å². The summed E-state index contributed by atoms with van der Waals surface area (Å²) in [5.41, 5.74) is 2.84. The lowest BCUT2D eigenvalue weighted by Crippen LogP contribution is -2.22. The number of benzene rings is 1. The summed E-state index contributed by atoms with van der Waals surface area (Å²) < 4.78 is 0. The summed E-state index contributed by atoms with van der Waals surface area (Å²) in [7, 11) is 0. The lowest BCUT2D eigenvalue weighted by molar-refractivity contribution is 0.210. The van der Waals surface area contributed by atoms with E-state index in [1.807, 2.05) is 4.90 Å². The van der Waals surface area contributed by atoms with Crippen LogP contribution in [0.4, 0.5) is 16.2 Å². The van der Waals surface area contributed by atoms with Crippen LogP contribution in [0.5, 0.6) is 0 Å². The molecular weight excluding hydrogens is 268 g/mol. The second kappa shape index (κ2) is 6.44. The minimum atomic E-state index is -1.12. The maximum Gasteiger partial charge on any atom is 0.409 e. The van der Waals surface area contributed by atoms with Crippen molar-refractivity contribution in [3.8, 4) is 12.1 Å². The van der Waals surface area contributed by atoms with Crippen molar-refractivity contribution in [1.29, 1.82) is 10.5 Å². The number of rotatable bonds is 4. The average Bonchev–Trinajstić information content (AvgIpc) is 2.93. The third-order valence-electron chi connectivity index (χ3n) is 3.31. The molecule has 0 radical (unpaired) electrons. The number of hydrogen-bond donors (Lipinski definition) is 2. The Morgan fingerprint density at radius 2 is 2.00 bits per heavy atom. The molecular formula is C15H14N4O2. The summed E-state index contributed by atoms with van der Waals surface area (Å²) in [5, 5.41) is 29.1. The van der Waals surface area contributed by atoms with Crippen molar-refractivity contribution in [2.45, 2.75) is 19.3 Å². The highest BCUT2D eigenvalue weighted by atomic mass is 16.4. The van der Waals surface area contributed by atoms with Crippen LogP contribution in [0.15, 0.2) is 35.5 Å². The van der Waals surface area contributed by atoms with Gasteiger partial charge in [0.25, 0.3) is 0 Å². The Kier molecular flexibility index (Phi) is 4.43. The quantitative estimate of drug-likeness (QED) is 0.826. The van der Waals surface area contributed by atoms with Gasteiger partial charge in [-0.3, -0.25) is 5.32 Å². The molecule has 6 heteroatoms. The van der Waals surface area contributed by atoms with Crippen LogP contribution in [-0.2, 0) is 0 Å². The van der Waals surface area contributed by atoms with Crippen molar-refractivity contribution in [2.24, 2.45) is 0 Å². The van der Waals surface area contributed by atoms with E-state index in [2.05, 4.69) is 17.5 Å². The predicted octanol–water partition coefficient (Wildman–Crippen LogP) is 3.07. The normalized spacial score (nSPS) is 13.4. The molecule has 0 aliphatic heterocycles. The van der Waals surface area contributed by atoms with E-state index in [4.69, 9.17) is 15.6 Å². The summed E-state index contributed by atoms with van der Waals surface area (Å²) in [4.78, 5) is 12.4. The summed E-state index contributed by atoms with van der Waals surface area (Å²) in [5.74, 6) is 0. The third kappa shape index (κ3) is 3.31. The molecule has 0 saturated heterocycles. The van der Waals surface area contributed by atoms with Gasteiger partial charge in [0, 0.05) is 22.6 Å². The van der Waals surface area contributed by atoms with Gasteiger partial charge in [0.2, 0.25) is 0 Å². The number of amides is 1. The SMILES string of the molecule is N#CCN(C1=C(C#N)CCC1)c1ccc(NC(=O)O)cc1. The zero-order valence-electron chi connectivity index (χ0n) is 11.3. The maximum atomic E-state index is 10.6. The molecule has 0 saturated carbocycles. The molecule has 0 bridgehead atoms. The molecule has 1 amide bonds. The highest BCUT2D eigenvalue weighted by Crippen LogP contribution is 2.32. The minimum absolute atomic E-state index is 0.159. The van der Waals surface area contributed by atoms with Crippen LogP contribution in [0.3, 0.4) is 0 Å². The van der Waals surface area contributed by atoms with Gasteiger partial charge in [0.15, 0.2) is 0 Å². The first-order chi connectivity index (χ1) is 10.2. The van der Waals surface area contributed by atoms with Gasteiger partial charge >= 0.3 is 6.09 Å². The Morgan fingerprint density at radius 1 is 1.29 bits per heavy atom. The van der Waals surface area contributed by atoms with Crippen LogP contribution in [0.1, 0.15) is 19.3 Å². The van der Waals surface area contributed by atoms with Gasteiger partial charge in [-0.25, -0.2) is 4.79 Å². The Morgan fingerprint density at radius 3 is 2.57 bits per heavy atom. The molecule has 0 atom stereocenters. The van der Waals surface area contributed by atoms with Gasteiger partial charge in [-0.15, -0.1) is 0 Å². The zero-order chi connectivity index (χ0) is 15.2. The molecule has 0 spiro atoms. The van der Waals surface area contributed by atoms with Crippen molar-refractivity contribution in [1.82, 2.24) is 0 Å². The van der Waals surface area contributed by atoms with E-state index in [0.29, 0.717) is 5.69 Å². The molecule has 2 rings (SSSR count). The van der Waals surface area contributed by atoms with Crippen molar-refractivity contribution in [2.75, 3.05) is 16.8 Å². The molecule has 21 heavy (non-hydrogen) atoms. The summed E-state index contributed by atoms with van der Waals surface area (Å²) in [6.07, 6.45) is 1.31. The first-order valence-corrected chi connectivity index (χ1v) is 6.52. The molecule has 1 aromatic carbocycles. The molecule has 1 aliphatic carbocycles. The van der Waals surface area contributed by atoms with Crippen LogP contribution in [0.25, 0.3) is 0 Å². The first-order valence-electron chi connectivity index (χ1n) is 6.52. The van der Waals surface area contributed by atoms with E-state index in [-0.39, 0.29) is 6.54 Å². The van der Waals surface area contributed by atoms with E-state index in [1.54, 1.807) is 24.3 Å². The lowest BCUT2D eigenvalue weighted by Gasteiger charge is -2.24. The number of nitriles is 2. The summed E-state index contributed by atoms with van der Waals surface area (Å²) in [6, 6.07) is 11.1. The number of carboxylic acid groups (broad SMARTS) is 1. The smallest absolute Gasteiger partial charge is 0.409 e. The monoisotopic (exact) mass is 282 g/mol. The largest absolute Gasteiger partial charge is 0.465 e. The van der Waals surface area contributed by atoms with E-state index < -0.39 is 6.09 Å². The second-order valence-corrected chi connectivity index (χ2v) is 4.61. The Bertz CT molecular complexity index is 650. The van der Waals surface area contributed by atoms with Gasteiger partial charge in [-0.1, -0.05) is 0 Å². The number of hydrogen-bond acceptors (Lipinski definition) is 4. The third-order valence-corrected chi connectivity index (χ3v) is 3.31. The van der Waals surface area contributed by atoms with E-state index >= 15 is 0 Å².